The predicted molar refractivity (Wildman–Crippen MR) is 115 cm³/mol. The molecule has 1 aliphatic carbocycles. The normalized spacial score (nSPS) is 24.3. The van der Waals surface area contributed by atoms with Gasteiger partial charge in [0.25, 0.3) is 0 Å². The molecule has 0 saturated heterocycles. The Morgan fingerprint density at radius 1 is 1.23 bits per heavy atom. The Morgan fingerprint density at radius 3 is 2.65 bits per heavy atom. The molecule has 1 amide bonds. The van der Waals surface area contributed by atoms with Gasteiger partial charge in [-0.25, -0.2) is 4.79 Å². The third kappa shape index (κ3) is 2.98. The fourth-order valence-electron chi connectivity index (χ4n) is 4.94. The molecule has 31 heavy (non-hydrogen) atoms. The first-order chi connectivity index (χ1) is 14.6. The molecule has 1 spiro atoms. The summed E-state index contributed by atoms with van der Waals surface area (Å²) in [6, 6.07) is 7.17. The van der Waals surface area contributed by atoms with Crippen LogP contribution in [-0.4, -0.2) is 31.3 Å². The topological polar surface area (TPSA) is 98.9 Å². The molecule has 7 heteroatoms. The summed E-state index contributed by atoms with van der Waals surface area (Å²) in [6.45, 7) is 6.12. The number of ketones is 1. The standard InChI is InChI=1S/C24H28N2O5/c1-5-6-11-30-21(28)19-20(25)31-17-13-23(2,3)12-16(27)18(17)24(19)14-9-7-8-10-15(14)26(4)22(24)29/h7-10H,5-6,11-13,25H2,1-4H3/t24-/m1/s1. The van der Waals surface area contributed by atoms with Gasteiger partial charge >= 0.3 is 5.97 Å². The van der Waals surface area contributed by atoms with E-state index in [0.717, 1.165) is 6.42 Å². The highest BCUT2D eigenvalue weighted by Gasteiger charge is 2.64. The van der Waals surface area contributed by atoms with Crippen LogP contribution in [0.5, 0.6) is 0 Å². The van der Waals surface area contributed by atoms with Crippen LogP contribution < -0.4 is 10.6 Å². The quantitative estimate of drug-likeness (QED) is 0.589. The summed E-state index contributed by atoms with van der Waals surface area (Å²) in [6.07, 6.45) is 2.21. The number of esters is 1. The number of hydrogen-bond acceptors (Lipinski definition) is 6. The molecule has 4 rings (SSSR count). The maximum absolute atomic E-state index is 13.9. The highest BCUT2D eigenvalue weighted by atomic mass is 16.5. The smallest absolute Gasteiger partial charge is 0.341 e. The monoisotopic (exact) mass is 424 g/mol. The molecule has 2 heterocycles. The minimum atomic E-state index is -1.65. The zero-order valence-corrected chi connectivity index (χ0v) is 18.4. The fraction of sp³-hybridized carbons (Fsp3) is 0.458. The first-order valence-electron chi connectivity index (χ1n) is 10.6. The van der Waals surface area contributed by atoms with Crippen molar-refractivity contribution < 1.29 is 23.9 Å². The second-order valence-corrected chi connectivity index (χ2v) is 9.20. The van der Waals surface area contributed by atoms with Crippen LogP contribution in [0.25, 0.3) is 0 Å². The van der Waals surface area contributed by atoms with Gasteiger partial charge in [-0.1, -0.05) is 45.4 Å². The summed E-state index contributed by atoms with van der Waals surface area (Å²) in [4.78, 5) is 42.1. The SMILES string of the molecule is CCCCOC(=O)C1=C(N)OC2=C(C(=O)CC(C)(C)C2)[C@@]12C(=O)N(C)c1ccccc12. The van der Waals surface area contributed by atoms with Crippen LogP contribution in [0.2, 0.25) is 0 Å². The number of nitrogens with zero attached hydrogens (tertiary/aromatic N) is 1. The number of benzene rings is 1. The van der Waals surface area contributed by atoms with E-state index in [1.807, 2.05) is 26.8 Å². The summed E-state index contributed by atoms with van der Waals surface area (Å²) in [7, 11) is 1.64. The van der Waals surface area contributed by atoms with Gasteiger partial charge in [-0.05, 0) is 17.9 Å². The lowest BCUT2D eigenvalue weighted by Gasteiger charge is -2.42. The molecule has 1 aromatic carbocycles. The third-order valence-corrected chi connectivity index (χ3v) is 6.30. The second kappa shape index (κ2) is 7.25. The Bertz CT molecular complexity index is 1050. The predicted octanol–water partition coefficient (Wildman–Crippen LogP) is 3.09. The van der Waals surface area contributed by atoms with Gasteiger partial charge in [0.05, 0.1) is 12.2 Å². The van der Waals surface area contributed by atoms with Crippen molar-refractivity contribution in [2.24, 2.45) is 11.1 Å². The molecule has 0 fully saturated rings. The molecule has 0 unspecified atom stereocenters. The highest BCUT2D eigenvalue weighted by Crippen LogP contribution is 2.57. The number of fused-ring (bicyclic) bond motifs is 3. The van der Waals surface area contributed by atoms with Gasteiger partial charge in [0.15, 0.2) is 5.78 Å². The third-order valence-electron chi connectivity index (χ3n) is 6.30. The van der Waals surface area contributed by atoms with Crippen molar-refractivity contribution in [1.82, 2.24) is 0 Å². The van der Waals surface area contributed by atoms with E-state index >= 15 is 0 Å². The van der Waals surface area contributed by atoms with E-state index in [1.165, 1.54) is 4.90 Å². The lowest BCUT2D eigenvalue weighted by molar-refractivity contribution is -0.141. The Balaban J connectivity index is 1.99. The van der Waals surface area contributed by atoms with Gasteiger partial charge in [-0.2, -0.15) is 0 Å². The average molecular weight is 424 g/mol. The van der Waals surface area contributed by atoms with Crippen LogP contribution in [0.1, 0.15) is 52.0 Å². The molecule has 7 nitrogen and oxygen atoms in total. The lowest BCUT2D eigenvalue weighted by Crippen LogP contribution is -2.51. The maximum Gasteiger partial charge on any atom is 0.341 e. The Labute approximate surface area is 181 Å². The zero-order valence-electron chi connectivity index (χ0n) is 18.4. The minimum Gasteiger partial charge on any atom is -0.462 e. The number of carbonyl (C=O) groups excluding carboxylic acids is 3. The van der Waals surface area contributed by atoms with Crippen LogP contribution in [0.4, 0.5) is 5.69 Å². The summed E-state index contributed by atoms with van der Waals surface area (Å²) >= 11 is 0. The van der Waals surface area contributed by atoms with Crippen molar-refractivity contribution in [1.29, 1.82) is 0 Å². The van der Waals surface area contributed by atoms with Crippen molar-refractivity contribution in [3.05, 3.63) is 52.6 Å². The van der Waals surface area contributed by atoms with E-state index in [-0.39, 0.29) is 41.3 Å². The van der Waals surface area contributed by atoms with Crippen LogP contribution in [0.3, 0.4) is 0 Å². The zero-order chi connectivity index (χ0) is 22.6. The summed E-state index contributed by atoms with van der Waals surface area (Å²) in [5.41, 5.74) is 5.58. The number of likely N-dealkylation sites (N-methyl/N-ethyl adjacent to an activating group) is 1. The van der Waals surface area contributed by atoms with Crippen molar-refractivity contribution in [2.75, 3.05) is 18.6 Å². The Morgan fingerprint density at radius 2 is 1.94 bits per heavy atom. The highest BCUT2D eigenvalue weighted by molar-refractivity contribution is 6.23. The largest absolute Gasteiger partial charge is 0.462 e. The van der Waals surface area contributed by atoms with Crippen molar-refractivity contribution in [3.8, 4) is 0 Å². The number of allylic oxidation sites excluding steroid dienone is 1. The molecule has 0 aromatic heterocycles. The number of carbonyl (C=O) groups is 3. The fourth-order valence-corrected chi connectivity index (χ4v) is 4.94. The number of Topliss-reactive ketones (excluding diaryl/α,β-unsaturated/α-hetero) is 1. The number of amides is 1. The van der Waals surface area contributed by atoms with Gasteiger partial charge in [0.1, 0.15) is 16.7 Å². The van der Waals surface area contributed by atoms with Crippen molar-refractivity contribution in [3.63, 3.8) is 0 Å². The van der Waals surface area contributed by atoms with E-state index in [2.05, 4.69) is 0 Å². The molecule has 1 aromatic rings. The molecule has 0 bridgehead atoms. The number of para-hydroxylation sites is 1. The molecule has 1 atom stereocenters. The van der Waals surface area contributed by atoms with Crippen molar-refractivity contribution in [2.45, 2.75) is 51.9 Å². The number of unbranched alkanes of at least 4 members (excludes halogenated alkanes) is 1. The molecule has 2 aliphatic heterocycles. The van der Waals surface area contributed by atoms with E-state index < -0.39 is 17.3 Å². The Kier molecular flexibility index (Phi) is 4.95. The van der Waals surface area contributed by atoms with Gasteiger partial charge < -0.3 is 20.1 Å². The first kappa shape index (κ1) is 21.2. The number of rotatable bonds is 4. The molecule has 0 radical (unpaired) electrons. The van der Waals surface area contributed by atoms with Gasteiger partial charge in [-0.3, -0.25) is 9.59 Å². The van der Waals surface area contributed by atoms with Crippen LogP contribution in [0.15, 0.2) is 47.1 Å². The van der Waals surface area contributed by atoms with Gasteiger partial charge in [0.2, 0.25) is 11.8 Å². The van der Waals surface area contributed by atoms with Crippen LogP contribution in [0, 0.1) is 5.41 Å². The second-order valence-electron chi connectivity index (χ2n) is 9.20. The Hall–Kier alpha value is -3.09. The molecule has 0 saturated carbocycles. The van der Waals surface area contributed by atoms with E-state index in [9.17, 15) is 14.4 Å². The number of hydrogen-bond donors (Lipinski definition) is 1. The van der Waals surface area contributed by atoms with Crippen molar-refractivity contribution >= 4 is 23.3 Å². The minimum absolute atomic E-state index is 0.0998. The van der Waals surface area contributed by atoms with Gasteiger partial charge in [0, 0.05) is 31.1 Å². The molecular formula is C24H28N2O5. The van der Waals surface area contributed by atoms with Gasteiger partial charge in [-0.15, -0.1) is 0 Å². The number of ether oxygens (including phenoxy) is 2. The maximum atomic E-state index is 13.9. The summed E-state index contributed by atoms with van der Waals surface area (Å²) in [5.74, 6) is -1.15. The van der Waals surface area contributed by atoms with E-state index in [1.54, 1.807) is 25.2 Å². The van der Waals surface area contributed by atoms with E-state index in [0.29, 0.717) is 29.9 Å². The summed E-state index contributed by atoms with van der Waals surface area (Å²) in [5, 5.41) is 0. The molecule has 164 valence electrons. The molecule has 3 aliphatic rings. The van der Waals surface area contributed by atoms with Crippen LogP contribution in [-0.2, 0) is 29.3 Å². The lowest BCUT2D eigenvalue weighted by atomic mass is 9.62. The molecular weight excluding hydrogens is 396 g/mol. The summed E-state index contributed by atoms with van der Waals surface area (Å²) < 4.78 is 11.3. The number of nitrogens with two attached hydrogens (primary N) is 1. The average Bonchev–Trinajstić information content (AvgIpc) is 2.90. The molecule has 2 N–H and O–H groups in total. The van der Waals surface area contributed by atoms with Crippen LogP contribution >= 0.6 is 0 Å². The van der Waals surface area contributed by atoms with E-state index in [4.69, 9.17) is 15.2 Å². The number of anilines is 1. The first-order valence-corrected chi connectivity index (χ1v) is 10.6.